The fourth-order valence-corrected chi connectivity index (χ4v) is 6.87. The first kappa shape index (κ1) is 15.0. The average molecular weight is 369 g/mol. The standard InChI is InChI=1S/C16H15Cl2N2PS/c1-19-15-7-6-12(17)10-14(15)16-13-5-3-2-4-11(13)8-9-20(16)21(19,18)22/h2-7,10,16H,8-9H2,1H3. The number of rotatable bonds is 0. The number of benzene rings is 2. The molecule has 2 heterocycles. The second-order valence-corrected chi connectivity index (χ2v) is 11.8. The molecule has 0 saturated heterocycles. The van der Waals surface area contributed by atoms with Gasteiger partial charge in [0.15, 0.2) is 5.69 Å². The SMILES string of the molecule is CN1c2ccc(Cl)cc2C2c3ccccc3CCN2P1(=S)Cl. The molecule has 2 aliphatic rings. The predicted molar refractivity (Wildman–Crippen MR) is 98.7 cm³/mol. The van der Waals surface area contributed by atoms with Crippen molar-refractivity contribution in [2.24, 2.45) is 0 Å². The average Bonchev–Trinajstić information content (AvgIpc) is 2.52. The lowest BCUT2D eigenvalue weighted by atomic mass is 9.89. The predicted octanol–water partition coefficient (Wildman–Crippen LogP) is 5.20. The third kappa shape index (κ3) is 2.07. The highest BCUT2D eigenvalue weighted by Gasteiger charge is 2.44. The molecular weight excluding hydrogens is 354 g/mol. The van der Waals surface area contributed by atoms with Crippen molar-refractivity contribution in [3.8, 4) is 0 Å². The Labute approximate surface area is 145 Å². The number of halogens is 2. The van der Waals surface area contributed by atoms with E-state index >= 15 is 0 Å². The summed E-state index contributed by atoms with van der Waals surface area (Å²) in [6.07, 6.45) is 0.988. The highest BCUT2D eigenvalue weighted by atomic mass is 35.7. The Morgan fingerprint density at radius 3 is 2.77 bits per heavy atom. The highest BCUT2D eigenvalue weighted by Crippen LogP contribution is 2.68. The van der Waals surface area contributed by atoms with Gasteiger partial charge in [0, 0.05) is 24.3 Å². The van der Waals surface area contributed by atoms with E-state index in [1.165, 1.54) is 16.7 Å². The van der Waals surface area contributed by atoms with Crippen LogP contribution in [0.25, 0.3) is 0 Å². The maximum atomic E-state index is 6.87. The molecule has 0 amide bonds. The van der Waals surface area contributed by atoms with Crippen molar-refractivity contribution in [3.05, 3.63) is 64.2 Å². The highest BCUT2D eigenvalue weighted by molar-refractivity contribution is 8.26. The maximum Gasteiger partial charge on any atom is 0.189 e. The molecule has 2 unspecified atom stereocenters. The topological polar surface area (TPSA) is 6.48 Å². The molecule has 0 saturated carbocycles. The molecule has 2 aromatic carbocycles. The smallest absolute Gasteiger partial charge is 0.189 e. The molecule has 0 radical (unpaired) electrons. The maximum absolute atomic E-state index is 6.87. The summed E-state index contributed by atoms with van der Waals surface area (Å²) in [5.41, 5.74) is 2.70. The third-order valence-corrected chi connectivity index (χ3v) is 9.46. The molecule has 22 heavy (non-hydrogen) atoms. The Balaban J connectivity index is 2.02. The van der Waals surface area contributed by atoms with E-state index < -0.39 is 5.69 Å². The molecule has 2 nitrogen and oxygen atoms in total. The zero-order valence-corrected chi connectivity index (χ0v) is 15.3. The summed E-state index contributed by atoms with van der Waals surface area (Å²) in [5, 5.41) is 0.750. The van der Waals surface area contributed by atoms with Crippen LogP contribution in [0, 0.1) is 0 Å². The van der Waals surface area contributed by atoms with E-state index in [2.05, 4.69) is 39.7 Å². The summed E-state index contributed by atoms with van der Waals surface area (Å²) in [5.74, 6) is 0. The van der Waals surface area contributed by atoms with Gasteiger partial charge < -0.3 is 4.67 Å². The molecule has 6 heteroatoms. The van der Waals surface area contributed by atoms with Crippen LogP contribution in [0.5, 0.6) is 0 Å². The minimum atomic E-state index is -2.28. The van der Waals surface area contributed by atoms with Gasteiger partial charge in [0.05, 0.1) is 6.04 Å². The fraction of sp³-hybridized carbons (Fsp3) is 0.250. The first-order valence-corrected chi connectivity index (χ1v) is 11.2. The van der Waals surface area contributed by atoms with Crippen LogP contribution in [-0.4, -0.2) is 18.3 Å². The van der Waals surface area contributed by atoms with Crippen molar-refractivity contribution in [1.29, 1.82) is 0 Å². The van der Waals surface area contributed by atoms with E-state index in [4.69, 9.17) is 34.6 Å². The quantitative estimate of drug-likeness (QED) is 0.590. The van der Waals surface area contributed by atoms with E-state index in [1.807, 2.05) is 19.2 Å². The van der Waals surface area contributed by atoms with Crippen molar-refractivity contribution in [2.45, 2.75) is 12.5 Å². The molecule has 0 spiro atoms. The lowest BCUT2D eigenvalue weighted by Crippen LogP contribution is -2.40. The van der Waals surface area contributed by atoms with Crippen molar-refractivity contribution < 1.29 is 0 Å². The second-order valence-electron chi connectivity index (χ2n) is 5.71. The van der Waals surface area contributed by atoms with Crippen LogP contribution >= 0.6 is 28.5 Å². The molecule has 2 atom stereocenters. The number of anilines is 1. The Morgan fingerprint density at radius 2 is 1.95 bits per heavy atom. The van der Waals surface area contributed by atoms with Crippen LogP contribution in [0.2, 0.25) is 5.02 Å². The van der Waals surface area contributed by atoms with E-state index in [0.29, 0.717) is 0 Å². The van der Waals surface area contributed by atoms with Crippen molar-refractivity contribution in [2.75, 3.05) is 18.3 Å². The van der Waals surface area contributed by atoms with E-state index in [9.17, 15) is 0 Å². The van der Waals surface area contributed by atoms with Crippen LogP contribution in [0.1, 0.15) is 22.7 Å². The molecule has 114 valence electrons. The molecule has 0 aliphatic carbocycles. The molecule has 0 bridgehead atoms. The van der Waals surface area contributed by atoms with Gasteiger partial charge in [-0.25, -0.2) is 4.67 Å². The fourth-order valence-electron chi connectivity index (χ4n) is 3.49. The number of nitrogens with zero attached hydrogens (tertiary/aromatic N) is 2. The summed E-state index contributed by atoms with van der Waals surface area (Å²) in [6, 6.07) is 14.7. The number of fused-ring (bicyclic) bond motifs is 5. The summed E-state index contributed by atoms with van der Waals surface area (Å²) in [6.45, 7) is 0.888. The molecule has 2 aromatic rings. The van der Waals surface area contributed by atoms with E-state index in [0.717, 1.165) is 23.7 Å². The van der Waals surface area contributed by atoms with Crippen molar-refractivity contribution in [3.63, 3.8) is 0 Å². The third-order valence-electron chi connectivity index (χ3n) is 4.58. The van der Waals surface area contributed by atoms with Gasteiger partial charge in [-0.3, -0.25) is 0 Å². The Hall–Kier alpha value is -0.570. The molecule has 0 aromatic heterocycles. The monoisotopic (exact) mass is 368 g/mol. The van der Waals surface area contributed by atoms with Crippen LogP contribution in [0.4, 0.5) is 5.69 Å². The Kier molecular flexibility index (Phi) is 3.56. The largest absolute Gasteiger partial charge is 0.324 e. The van der Waals surface area contributed by atoms with Gasteiger partial charge in [-0.05, 0) is 64.4 Å². The molecule has 4 rings (SSSR count). The van der Waals surface area contributed by atoms with Crippen LogP contribution in [-0.2, 0) is 18.2 Å². The van der Waals surface area contributed by atoms with Gasteiger partial charge in [-0.1, -0.05) is 35.9 Å². The summed E-state index contributed by atoms with van der Waals surface area (Å²) in [4.78, 5) is 0. The summed E-state index contributed by atoms with van der Waals surface area (Å²) < 4.78 is 4.37. The van der Waals surface area contributed by atoms with Gasteiger partial charge >= 0.3 is 0 Å². The minimum Gasteiger partial charge on any atom is -0.324 e. The van der Waals surface area contributed by atoms with Gasteiger partial charge in [-0.15, -0.1) is 0 Å². The Bertz CT molecular complexity index is 810. The van der Waals surface area contributed by atoms with Gasteiger partial charge in [0.1, 0.15) is 0 Å². The summed E-state index contributed by atoms with van der Waals surface area (Å²) in [7, 11) is 2.00. The minimum absolute atomic E-state index is 0.109. The zero-order valence-electron chi connectivity index (χ0n) is 12.0. The molecular formula is C16H15Cl2N2PS. The Morgan fingerprint density at radius 1 is 1.18 bits per heavy atom. The van der Waals surface area contributed by atoms with Crippen LogP contribution in [0.3, 0.4) is 0 Å². The van der Waals surface area contributed by atoms with Gasteiger partial charge in [0.2, 0.25) is 0 Å². The molecule has 0 fully saturated rings. The van der Waals surface area contributed by atoms with Crippen molar-refractivity contribution >= 4 is 46.0 Å². The van der Waals surface area contributed by atoms with Crippen molar-refractivity contribution in [1.82, 2.24) is 4.67 Å². The molecule has 2 aliphatic heterocycles. The molecule has 0 N–H and O–H groups in total. The van der Waals surface area contributed by atoms with Crippen LogP contribution in [0.15, 0.2) is 42.5 Å². The summed E-state index contributed by atoms with van der Waals surface area (Å²) >= 11 is 19.0. The van der Waals surface area contributed by atoms with E-state index in [-0.39, 0.29) is 6.04 Å². The second kappa shape index (κ2) is 5.22. The first-order valence-electron chi connectivity index (χ1n) is 7.18. The lowest BCUT2D eigenvalue weighted by molar-refractivity contribution is 0.368. The normalized spacial score (nSPS) is 27.0. The lowest BCUT2D eigenvalue weighted by Gasteiger charge is -2.50. The zero-order chi connectivity index (χ0) is 15.5. The van der Waals surface area contributed by atoms with E-state index in [1.54, 1.807) is 0 Å². The number of hydrogen-bond donors (Lipinski definition) is 0. The van der Waals surface area contributed by atoms with Gasteiger partial charge in [-0.2, -0.15) is 0 Å². The van der Waals surface area contributed by atoms with Crippen LogP contribution < -0.4 is 4.67 Å². The van der Waals surface area contributed by atoms with Gasteiger partial charge in [0.25, 0.3) is 0 Å². The number of hydrogen-bond acceptors (Lipinski definition) is 1. The first-order chi connectivity index (χ1) is 10.5.